The SMILES string of the molecule is CCCNCc1cnc(N2CC(C)CC(C)C2)c(C)c1. The number of hydrogen-bond acceptors (Lipinski definition) is 3. The summed E-state index contributed by atoms with van der Waals surface area (Å²) >= 11 is 0. The fraction of sp³-hybridized carbons (Fsp3) is 0.706. The Hall–Kier alpha value is -1.09. The Labute approximate surface area is 123 Å². The van der Waals surface area contributed by atoms with E-state index in [9.17, 15) is 0 Å². The Balaban J connectivity index is 2.05. The molecule has 0 bridgehead atoms. The summed E-state index contributed by atoms with van der Waals surface area (Å²) in [7, 11) is 0. The maximum Gasteiger partial charge on any atom is 0.131 e. The Kier molecular flexibility index (Phi) is 5.41. The molecule has 2 unspecified atom stereocenters. The molecule has 2 atom stereocenters. The Morgan fingerprint density at radius 3 is 2.60 bits per heavy atom. The van der Waals surface area contributed by atoms with Gasteiger partial charge < -0.3 is 10.2 Å². The number of anilines is 1. The molecule has 1 aliphatic rings. The summed E-state index contributed by atoms with van der Waals surface area (Å²) in [5.74, 6) is 2.72. The van der Waals surface area contributed by atoms with Crippen molar-refractivity contribution in [3.05, 3.63) is 23.4 Å². The van der Waals surface area contributed by atoms with Gasteiger partial charge in [-0.05, 0) is 55.3 Å². The van der Waals surface area contributed by atoms with Gasteiger partial charge in [-0.25, -0.2) is 4.98 Å². The highest BCUT2D eigenvalue weighted by atomic mass is 15.2. The van der Waals surface area contributed by atoms with Crippen molar-refractivity contribution in [2.75, 3.05) is 24.5 Å². The van der Waals surface area contributed by atoms with E-state index in [4.69, 9.17) is 4.98 Å². The number of aryl methyl sites for hydroxylation is 1. The van der Waals surface area contributed by atoms with Crippen LogP contribution in [-0.2, 0) is 6.54 Å². The van der Waals surface area contributed by atoms with Crippen LogP contribution in [-0.4, -0.2) is 24.6 Å². The normalized spacial score (nSPS) is 23.1. The summed E-state index contributed by atoms with van der Waals surface area (Å²) in [5.41, 5.74) is 2.60. The zero-order valence-electron chi connectivity index (χ0n) is 13.4. The Morgan fingerprint density at radius 2 is 2.00 bits per heavy atom. The van der Waals surface area contributed by atoms with Crippen LogP contribution in [0.5, 0.6) is 0 Å². The summed E-state index contributed by atoms with van der Waals surface area (Å²) in [6.07, 6.45) is 4.55. The second-order valence-electron chi connectivity index (χ2n) is 6.51. The number of aromatic nitrogens is 1. The first-order valence-corrected chi connectivity index (χ1v) is 8.01. The lowest BCUT2D eigenvalue weighted by Gasteiger charge is -2.36. The molecular formula is C17H29N3. The number of pyridine rings is 1. The maximum atomic E-state index is 4.74. The predicted molar refractivity (Wildman–Crippen MR) is 86.1 cm³/mol. The fourth-order valence-electron chi connectivity index (χ4n) is 3.30. The van der Waals surface area contributed by atoms with E-state index in [1.54, 1.807) is 0 Å². The van der Waals surface area contributed by atoms with Gasteiger partial charge in [-0.1, -0.05) is 20.8 Å². The Morgan fingerprint density at radius 1 is 1.30 bits per heavy atom. The van der Waals surface area contributed by atoms with Crippen LogP contribution in [0.3, 0.4) is 0 Å². The van der Waals surface area contributed by atoms with Crippen LogP contribution in [0.15, 0.2) is 12.3 Å². The predicted octanol–water partition coefficient (Wildman–Crippen LogP) is 3.37. The van der Waals surface area contributed by atoms with Crippen molar-refractivity contribution in [2.45, 2.75) is 47.1 Å². The van der Waals surface area contributed by atoms with E-state index < -0.39 is 0 Å². The van der Waals surface area contributed by atoms with E-state index in [-0.39, 0.29) is 0 Å². The van der Waals surface area contributed by atoms with Gasteiger partial charge in [0.15, 0.2) is 0 Å². The lowest BCUT2D eigenvalue weighted by atomic mass is 9.91. The molecule has 1 fully saturated rings. The van der Waals surface area contributed by atoms with E-state index in [0.29, 0.717) is 0 Å². The van der Waals surface area contributed by atoms with Gasteiger partial charge >= 0.3 is 0 Å². The number of nitrogens with one attached hydrogen (secondary N) is 1. The van der Waals surface area contributed by atoms with Gasteiger partial charge in [0.05, 0.1) is 0 Å². The molecule has 2 heterocycles. The van der Waals surface area contributed by atoms with Crippen molar-refractivity contribution in [3.63, 3.8) is 0 Å². The molecule has 1 aromatic heterocycles. The average molecular weight is 275 g/mol. The van der Waals surface area contributed by atoms with Crippen molar-refractivity contribution in [1.29, 1.82) is 0 Å². The molecule has 3 heteroatoms. The third-order valence-corrected chi connectivity index (χ3v) is 4.03. The first-order chi connectivity index (χ1) is 9.60. The molecule has 0 radical (unpaired) electrons. The van der Waals surface area contributed by atoms with E-state index in [2.05, 4.69) is 44.0 Å². The minimum atomic E-state index is 0.769. The summed E-state index contributed by atoms with van der Waals surface area (Å²) in [6, 6.07) is 2.29. The molecule has 0 aliphatic carbocycles. The fourth-order valence-corrected chi connectivity index (χ4v) is 3.30. The quantitative estimate of drug-likeness (QED) is 0.835. The summed E-state index contributed by atoms with van der Waals surface area (Å²) in [4.78, 5) is 7.21. The zero-order valence-corrected chi connectivity index (χ0v) is 13.4. The standard InChI is InChI=1S/C17H29N3/c1-5-6-18-9-16-8-15(4)17(19-10-16)20-11-13(2)7-14(3)12-20/h8,10,13-14,18H,5-7,9,11-12H2,1-4H3. The minimum Gasteiger partial charge on any atom is -0.356 e. The molecule has 1 aromatic rings. The number of rotatable bonds is 5. The molecule has 112 valence electrons. The van der Waals surface area contributed by atoms with Crippen molar-refractivity contribution in [1.82, 2.24) is 10.3 Å². The van der Waals surface area contributed by atoms with Crippen molar-refractivity contribution >= 4 is 5.82 Å². The van der Waals surface area contributed by atoms with E-state index in [1.165, 1.54) is 29.8 Å². The van der Waals surface area contributed by atoms with Crippen LogP contribution in [0, 0.1) is 18.8 Å². The molecule has 1 N–H and O–H groups in total. The molecule has 1 aliphatic heterocycles. The number of hydrogen-bond donors (Lipinski definition) is 1. The lowest BCUT2D eigenvalue weighted by Crippen LogP contribution is -2.39. The zero-order chi connectivity index (χ0) is 14.5. The van der Waals surface area contributed by atoms with Gasteiger partial charge in [0.25, 0.3) is 0 Å². The van der Waals surface area contributed by atoms with Crippen molar-refractivity contribution in [2.24, 2.45) is 11.8 Å². The molecule has 3 nitrogen and oxygen atoms in total. The molecule has 0 spiro atoms. The molecule has 1 saturated heterocycles. The largest absolute Gasteiger partial charge is 0.356 e. The van der Waals surface area contributed by atoms with Crippen LogP contribution < -0.4 is 10.2 Å². The third kappa shape index (κ3) is 3.95. The topological polar surface area (TPSA) is 28.2 Å². The van der Waals surface area contributed by atoms with Crippen LogP contribution in [0.2, 0.25) is 0 Å². The van der Waals surface area contributed by atoms with E-state index in [0.717, 1.165) is 38.0 Å². The first kappa shape index (κ1) is 15.3. The van der Waals surface area contributed by atoms with Gasteiger partial charge in [-0.2, -0.15) is 0 Å². The van der Waals surface area contributed by atoms with Gasteiger partial charge in [0.2, 0.25) is 0 Å². The minimum absolute atomic E-state index is 0.769. The molecule has 20 heavy (non-hydrogen) atoms. The van der Waals surface area contributed by atoms with E-state index in [1.807, 2.05) is 6.20 Å². The Bertz CT molecular complexity index is 420. The van der Waals surface area contributed by atoms with Crippen LogP contribution in [0.1, 0.15) is 44.7 Å². The number of piperidine rings is 1. The summed E-state index contributed by atoms with van der Waals surface area (Å²) < 4.78 is 0. The maximum absolute atomic E-state index is 4.74. The highest BCUT2D eigenvalue weighted by molar-refractivity contribution is 5.47. The van der Waals surface area contributed by atoms with Gasteiger partial charge in [-0.15, -0.1) is 0 Å². The first-order valence-electron chi connectivity index (χ1n) is 8.01. The molecule has 0 aromatic carbocycles. The molecule has 0 amide bonds. The van der Waals surface area contributed by atoms with Gasteiger partial charge in [0.1, 0.15) is 5.82 Å². The van der Waals surface area contributed by atoms with Crippen molar-refractivity contribution < 1.29 is 0 Å². The van der Waals surface area contributed by atoms with Crippen LogP contribution in [0.4, 0.5) is 5.82 Å². The number of nitrogens with zero attached hydrogens (tertiary/aromatic N) is 2. The van der Waals surface area contributed by atoms with Crippen molar-refractivity contribution in [3.8, 4) is 0 Å². The highest BCUT2D eigenvalue weighted by Gasteiger charge is 2.23. The van der Waals surface area contributed by atoms with Crippen LogP contribution >= 0.6 is 0 Å². The monoisotopic (exact) mass is 275 g/mol. The highest BCUT2D eigenvalue weighted by Crippen LogP contribution is 2.27. The van der Waals surface area contributed by atoms with Crippen LogP contribution in [0.25, 0.3) is 0 Å². The molecular weight excluding hydrogens is 246 g/mol. The summed E-state index contributed by atoms with van der Waals surface area (Å²) in [6.45, 7) is 13.4. The second-order valence-corrected chi connectivity index (χ2v) is 6.51. The van der Waals surface area contributed by atoms with E-state index >= 15 is 0 Å². The third-order valence-electron chi connectivity index (χ3n) is 4.03. The lowest BCUT2D eigenvalue weighted by molar-refractivity contribution is 0.355. The summed E-state index contributed by atoms with van der Waals surface area (Å²) in [5, 5.41) is 3.44. The smallest absolute Gasteiger partial charge is 0.131 e. The molecule has 0 saturated carbocycles. The second kappa shape index (κ2) is 7.07. The average Bonchev–Trinajstić information content (AvgIpc) is 2.38. The molecule has 2 rings (SSSR count). The van der Waals surface area contributed by atoms with Gasteiger partial charge in [0, 0.05) is 25.8 Å². The van der Waals surface area contributed by atoms with Gasteiger partial charge in [-0.3, -0.25) is 0 Å².